The predicted octanol–water partition coefficient (Wildman–Crippen LogP) is 2.13. The van der Waals surface area contributed by atoms with Gasteiger partial charge in [-0.3, -0.25) is 0 Å². The second-order valence-electron chi connectivity index (χ2n) is 6.22. The summed E-state index contributed by atoms with van der Waals surface area (Å²) in [4.78, 5) is 11.3. The molecule has 1 aromatic heterocycles. The van der Waals surface area contributed by atoms with Crippen LogP contribution < -0.4 is 14.4 Å². The van der Waals surface area contributed by atoms with Crippen molar-refractivity contribution in [1.29, 1.82) is 0 Å². The number of aryl methyl sites for hydroxylation is 1. The van der Waals surface area contributed by atoms with Gasteiger partial charge in [0.1, 0.15) is 18.2 Å². The fourth-order valence-electron chi connectivity index (χ4n) is 2.90. The Bertz CT molecular complexity index is 822. The van der Waals surface area contributed by atoms with Crippen molar-refractivity contribution in [3.05, 3.63) is 42.2 Å². The minimum absolute atomic E-state index is 0.166. The first-order valence-electron chi connectivity index (χ1n) is 8.83. The van der Waals surface area contributed by atoms with Crippen molar-refractivity contribution in [3.8, 4) is 5.88 Å². The minimum Gasteiger partial charge on any atom is -0.476 e. The highest BCUT2D eigenvalue weighted by Crippen LogP contribution is 2.21. The molecule has 0 radical (unpaired) electrons. The van der Waals surface area contributed by atoms with Gasteiger partial charge in [0.15, 0.2) is 0 Å². The SMILES string of the molecule is Cc1nc(OCCNS(=O)(=O)c2ccccc2)cc(N2CCCCC2)n1. The smallest absolute Gasteiger partial charge is 0.240 e. The van der Waals surface area contributed by atoms with Crippen LogP contribution >= 0.6 is 0 Å². The van der Waals surface area contributed by atoms with Crippen LogP contribution in [-0.2, 0) is 10.0 Å². The van der Waals surface area contributed by atoms with E-state index in [2.05, 4.69) is 19.6 Å². The summed E-state index contributed by atoms with van der Waals surface area (Å²) < 4.78 is 32.5. The maximum atomic E-state index is 12.2. The van der Waals surface area contributed by atoms with E-state index in [0.717, 1.165) is 18.9 Å². The summed E-state index contributed by atoms with van der Waals surface area (Å²) in [6.45, 7) is 4.18. The molecule has 2 heterocycles. The Balaban J connectivity index is 1.55. The molecule has 8 heteroatoms. The first kappa shape index (κ1) is 18.6. The fraction of sp³-hybridized carbons (Fsp3) is 0.444. The van der Waals surface area contributed by atoms with Crippen LogP contribution in [-0.4, -0.2) is 44.6 Å². The lowest BCUT2D eigenvalue weighted by Crippen LogP contribution is -2.30. The van der Waals surface area contributed by atoms with E-state index in [4.69, 9.17) is 4.74 Å². The molecule has 0 spiro atoms. The van der Waals surface area contributed by atoms with Gasteiger partial charge in [0.25, 0.3) is 0 Å². The van der Waals surface area contributed by atoms with Crippen LogP contribution in [0.3, 0.4) is 0 Å². The third kappa shape index (κ3) is 4.92. The Hall–Kier alpha value is -2.19. The molecule has 7 nitrogen and oxygen atoms in total. The van der Waals surface area contributed by atoms with E-state index in [1.54, 1.807) is 30.3 Å². The zero-order valence-corrected chi connectivity index (χ0v) is 15.7. The van der Waals surface area contributed by atoms with Gasteiger partial charge in [-0.1, -0.05) is 18.2 Å². The van der Waals surface area contributed by atoms with Crippen LogP contribution in [0.15, 0.2) is 41.3 Å². The van der Waals surface area contributed by atoms with Crippen molar-refractivity contribution in [2.75, 3.05) is 31.1 Å². The van der Waals surface area contributed by atoms with E-state index in [9.17, 15) is 8.42 Å². The fourth-order valence-corrected chi connectivity index (χ4v) is 3.93. The molecule has 1 N–H and O–H groups in total. The zero-order chi connectivity index (χ0) is 18.4. The maximum Gasteiger partial charge on any atom is 0.240 e. The van der Waals surface area contributed by atoms with Gasteiger partial charge in [-0.15, -0.1) is 0 Å². The summed E-state index contributed by atoms with van der Waals surface area (Å²) in [5, 5.41) is 0. The molecule has 0 atom stereocenters. The van der Waals surface area contributed by atoms with E-state index in [1.165, 1.54) is 19.3 Å². The highest BCUT2D eigenvalue weighted by Gasteiger charge is 2.15. The molecule has 0 saturated carbocycles. The van der Waals surface area contributed by atoms with Gasteiger partial charge < -0.3 is 9.64 Å². The molecule has 26 heavy (non-hydrogen) atoms. The van der Waals surface area contributed by atoms with E-state index in [0.29, 0.717) is 11.7 Å². The Kier molecular flexibility index (Phi) is 6.05. The molecule has 1 fully saturated rings. The molecule has 0 unspecified atom stereocenters. The molecule has 1 saturated heterocycles. The molecule has 3 rings (SSSR count). The third-order valence-electron chi connectivity index (χ3n) is 4.18. The highest BCUT2D eigenvalue weighted by atomic mass is 32.2. The summed E-state index contributed by atoms with van der Waals surface area (Å²) in [7, 11) is -3.52. The first-order chi connectivity index (χ1) is 12.5. The zero-order valence-electron chi connectivity index (χ0n) is 14.9. The Morgan fingerprint density at radius 3 is 2.58 bits per heavy atom. The van der Waals surface area contributed by atoms with Crippen molar-refractivity contribution >= 4 is 15.8 Å². The van der Waals surface area contributed by atoms with E-state index < -0.39 is 10.0 Å². The topological polar surface area (TPSA) is 84.4 Å². The van der Waals surface area contributed by atoms with Crippen LogP contribution in [0.25, 0.3) is 0 Å². The number of nitrogens with one attached hydrogen (secondary N) is 1. The van der Waals surface area contributed by atoms with E-state index >= 15 is 0 Å². The van der Waals surface area contributed by atoms with Crippen molar-refractivity contribution in [3.63, 3.8) is 0 Å². The second-order valence-corrected chi connectivity index (χ2v) is 7.99. The summed E-state index contributed by atoms with van der Waals surface area (Å²) in [5.74, 6) is 1.99. The Morgan fingerprint density at radius 1 is 1.12 bits per heavy atom. The number of rotatable bonds is 7. The van der Waals surface area contributed by atoms with Crippen LogP contribution in [0.1, 0.15) is 25.1 Å². The van der Waals surface area contributed by atoms with Crippen molar-refractivity contribution in [2.24, 2.45) is 0 Å². The lowest BCUT2D eigenvalue weighted by atomic mass is 10.1. The monoisotopic (exact) mass is 376 g/mol. The van der Waals surface area contributed by atoms with Crippen molar-refractivity contribution in [1.82, 2.24) is 14.7 Å². The predicted molar refractivity (Wildman–Crippen MR) is 100.0 cm³/mol. The lowest BCUT2D eigenvalue weighted by Gasteiger charge is -2.28. The summed E-state index contributed by atoms with van der Waals surface area (Å²) in [6.07, 6.45) is 3.59. The number of hydrogen-bond acceptors (Lipinski definition) is 6. The molecule has 2 aromatic rings. The standard InChI is InChI=1S/C18H24N4O3S/c1-15-20-17(22-11-6-3-7-12-22)14-18(21-15)25-13-10-19-26(23,24)16-8-4-2-5-9-16/h2,4-5,8-9,14,19H,3,6-7,10-13H2,1H3. The van der Waals surface area contributed by atoms with Gasteiger partial charge in [0.05, 0.1) is 4.90 Å². The number of sulfonamides is 1. The molecule has 0 aliphatic carbocycles. The van der Waals surface area contributed by atoms with Gasteiger partial charge in [-0.25, -0.2) is 18.1 Å². The third-order valence-corrected chi connectivity index (χ3v) is 5.66. The second kappa shape index (κ2) is 8.46. The van der Waals surface area contributed by atoms with Crippen LogP contribution in [0.5, 0.6) is 5.88 Å². The van der Waals surface area contributed by atoms with Crippen LogP contribution in [0.2, 0.25) is 0 Å². The first-order valence-corrected chi connectivity index (χ1v) is 10.3. The van der Waals surface area contributed by atoms with Gasteiger partial charge in [-0.2, -0.15) is 4.98 Å². The summed E-state index contributed by atoms with van der Waals surface area (Å²) in [5.41, 5.74) is 0. The molecular weight excluding hydrogens is 352 g/mol. The highest BCUT2D eigenvalue weighted by molar-refractivity contribution is 7.89. The lowest BCUT2D eigenvalue weighted by molar-refractivity contribution is 0.309. The summed E-state index contributed by atoms with van der Waals surface area (Å²) in [6, 6.07) is 10.1. The quantitative estimate of drug-likeness (QED) is 0.745. The maximum absolute atomic E-state index is 12.2. The van der Waals surface area contributed by atoms with Gasteiger partial charge >= 0.3 is 0 Å². The normalized spacial score (nSPS) is 15.0. The summed E-state index contributed by atoms with van der Waals surface area (Å²) >= 11 is 0. The molecule has 0 amide bonds. The molecular formula is C18H24N4O3S. The molecule has 0 bridgehead atoms. The number of ether oxygens (including phenoxy) is 1. The van der Waals surface area contributed by atoms with Crippen molar-refractivity contribution in [2.45, 2.75) is 31.1 Å². The minimum atomic E-state index is -3.52. The van der Waals surface area contributed by atoms with Crippen LogP contribution in [0, 0.1) is 6.92 Å². The van der Waals surface area contributed by atoms with E-state index in [-0.39, 0.29) is 18.0 Å². The van der Waals surface area contributed by atoms with Gasteiger partial charge in [0.2, 0.25) is 15.9 Å². The number of benzene rings is 1. The molecule has 1 aliphatic heterocycles. The number of anilines is 1. The number of aromatic nitrogens is 2. The van der Waals surface area contributed by atoms with Crippen LogP contribution in [0.4, 0.5) is 5.82 Å². The Labute approximate surface area is 154 Å². The number of hydrogen-bond donors (Lipinski definition) is 1. The molecule has 140 valence electrons. The molecule has 1 aliphatic rings. The van der Waals surface area contributed by atoms with Gasteiger partial charge in [-0.05, 0) is 38.3 Å². The number of piperidine rings is 1. The van der Waals surface area contributed by atoms with Gasteiger partial charge in [0, 0.05) is 25.7 Å². The number of nitrogens with zero attached hydrogens (tertiary/aromatic N) is 3. The largest absolute Gasteiger partial charge is 0.476 e. The Morgan fingerprint density at radius 2 is 1.85 bits per heavy atom. The van der Waals surface area contributed by atoms with Crippen molar-refractivity contribution < 1.29 is 13.2 Å². The average molecular weight is 376 g/mol. The average Bonchev–Trinajstić information content (AvgIpc) is 2.66. The molecule has 1 aromatic carbocycles. The van der Waals surface area contributed by atoms with E-state index in [1.807, 2.05) is 13.0 Å².